The average molecular weight is 269 g/mol. The molecular formula is C13H19NO5. The number of carbonyl (C=O) groups excluding carboxylic acids is 2. The van der Waals surface area contributed by atoms with E-state index < -0.39 is 0 Å². The minimum Gasteiger partial charge on any atom is -0.491 e. The number of methoxy groups -OCH3 is 2. The molecule has 1 rings (SSSR count). The van der Waals surface area contributed by atoms with Gasteiger partial charge in [0.25, 0.3) is 0 Å². The molecule has 19 heavy (non-hydrogen) atoms. The Bertz CT molecular complexity index is 500. The van der Waals surface area contributed by atoms with Crippen molar-refractivity contribution in [2.75, 3.05) is 14.2 Å². The molecule has 0 aromatic carbocycles. The molecule has 6 heteroatoms. The predicted octanol–water partition coefficient (Wildman–Crippen LogP) is 0.925. The number of hydrogen-bond donors (Lipinski definition) is 0. The maximum absolute atomic E-state index is 11.8. The summed E-state index contributed by atoms with van der Waals surface area (Å²) in [5.74, 6) is 0.420. The van der Waals surface area contributed by atoms with Crippen LogP contribution >= 0.6 is 0 Å². The number of aromatic nitrogens is 1. The topological polar surface area (TPSA) is 74.6 Å². The van der Waals surface area contributed by atoms with Gasteiger partial charge in [0.15, 0.2) is 5.75 Å². The molecule has 0 aliphatic heterocycles. The molecule has 0 aliphatic rings. The van der Waals surface area contributed by atoms with E-state index in [1.807, 2.05) is 24.6 Å². The molecule has 1 atom stereocenters. The SMILES string of the molecule is COc1c(C)n(CC(C)OC)cc(C)c1=O.O=C=O. The maximum atomic E-state index is 11.8. The van der Waals surface area contributed by atoms with Crippen LogP contribution in [0.2, 0.25) is 0 Å². The highest BCUT2D eigenvalue weighted by Gasteiger charge is 2.12. The van der Waals surface area contributed by atoms with Crippen LogP contribution in [0.3, 0.4) is 0 Å². The first-order valence-electron chi connectivity index (χ1n) is 5.69. The number of aryl methyl sites for hydroxylation is 1. The van der Waals surface area contributed by atoms with Gasteiger partial charge in [-0.1, -0.05) is 0 Å². The quantitative estimate of drug-likeness (QED) is 0.812. The molecule has 0 N–H and O–H groups in total. The van der Waals surface area contributed by atoms with E-state index in [1.54, 1.807) is 14.0 Å². The Balaban J connectivity index is 0.000000982. The second kappa shape index (κ2) is 8.24. The van der Waals surface area contributed by atoms with Gasteiger partial charge in [-0.3, -0.25) is 4.79 Å². The van der Waals surface area contributed by atoms with Crippen LogP contribution in [0, 0.1) is 13.8 Å². The van der Waals surface area contributed by atoms with Crippen molar-refractivity contribution in [2.24, 2.45) is 0 Å². The standard InChI is InChI=1S/C12H19NO3.CO2/c1-8-6-13(7-9(2)15-4)10(3)12(16-5)11(8)14;2-1-3/h6,9H,7H2,1-5H3;. The van der Waals surface area contributed by atoms with E-state index >= 15 is 0 Å². The Morgan fingerprint density at radius 3 is 2.26 bits per heavy atom. The van der Waals surface area contributed by atoms with Crippen molar-refractivity contribution in [3.8, 4) is 5.75 Å². The molecule has 1 heterocycles. The second-order valence-electron chi connectivity index (χ2n) is 4.04. The van der Waals surface area contributed by atoms with Crippen LogP contribution in [0.5, 0.6) is 5.75 Å². The number of ether oxygens (including phenoxy) is 2. The van der Waals surface area contributed by atoms with E-state index in [9.17, 15) is 4.79 Å². The Labute approximate surface area is 111 Å². The molecular weight excluding hydrogens is 250 g/mol. The summed E-state index contributed by atoms with van der Waals surface area (Å²) in [5.41, 5.74) is 1.48. The summed E-state index contributed by atoms with van der Waals surface area (Å²) >= 11 is 0. The average Bonchev–Trinajstić information content (AvgIpc) is 2.37. The largest absolute Gasteiger partial charge is 0.491 e. The van der Waals surface area contributed by atoms with Gasteiger partial charge in [0.1, 0.15) is 0 Å². The van der Waals surface area contributed by atoms with Gasteiger partial charge in [-0.2, -0.15) is 9.59 Å². The molecule has 1 aromatic rings. The molecule has 0 spiro atoms. The highest BCUT2D eigenvalue weighted by Crippen LogP contribution is 2.14. The Morgan fingerprint density at radius 2 is 1.84 bits per heavy atom. The van der Waals surface area contributed by atoms with Gasteiger partial charge < -0.3 is 14.0 Å². The Morgan fingerprint density at radius 1 is 1.32 bits per heavy atom. The number of hydrogen-bond acceptors (Lipinski definition) is 5. The van der Waals surface area contributed by atoms with Crippen LogP contribution in [0.25, 0.3) is 0 Å². The summed E-state index contributed by atoms with van der Waals surface area (Å²) in [7, 11) is 3.19. The van der Waals surface area contributed by atoms with Crippen molar-refractivity contribution in [2.45, 2.75) is 33.4 Å². The van der Waals surface area contributed by atoms with E-state index in [0.29, 0.717) is 17.9 Å². The first-order chi connectivity index (χ1) is 8.92. The lowest BCUT2D eigenvalue weighted by Gasteiger charge is -2.17. The summed E-state index contributed by atoms with van der Waals surface area (Å²) in [6.45, 7) is 6.36. The third-order valence-electron chi connectivity index (χ3n) is 2.73. The maximum Gasteiger partial charge on any atom is 0.373 e. The molecule has 1 unspecified atom stereocenters. The predicted molar refractivity (Wildman–Crippen MR) is 68.2 cm³/mol. The Hall–Kier alpha value is -1.91. The van der Waals surface area contributed by atoms with E-state index in [-0.39, 0.29) is 17.7 Å². The molecule has 0 bridgehead atoms. The van der Waals surface area contributed by atoms with Crippen molar-refractivity contribution in [3.05, 3.63) is 27.7 Å². The van der Waals surface area contributed by atoms with Crippen LogP contribution < -0.4 is 10.2 Å². The van der Waals surface area contributed by atoms with Gasteiger partial charge >= 0.3 is 6.15 Å². The molecule has 0 radical (unpaired) electrons. The Kier molecular flexibility index (Phi) is 7.41. The van der Waals surface area contributed by atoms with Crippen molar-refractivity contribution in [1.82, 2.24) is 4.57 Å². The summed E-state index contributed by atoms with van der Waals surface area (Å²) < 4.78 is 12.3. The number of pyridine rings is 1. The smallest absolute Gasteiger partial charge is 0.373 e. The van der Waals surface area contributed by atoms with Crippen LogP contribution in [0.15, 0.2) is 11.0 Å². The fraction of sp³-hybridized carbons (Fsp3) is 0.538. The van der Waals surface area contributed by atoms with Gasteiger partial charge in [0.05, 0.1) is 18.9 Å². The van der Waals surface area contributed by atoms with Crippen molar-refractivity contribution < 1.29 is 19.1 Å². The lowest BCUT2D eigenvalue weighted by molar-refractivity contribution is -0.191. The van der Waals surface area contributed by atoms with Crippen LogP contribution in [-0.4, -0.2) is 31.0 Å². The fourth-order valence-corrected chi connectivity index (χ4v) is 1.64. The second-order valence-corrected chi connectivity index (χ2v) is 4.04. The van der Waals surface area contributed by atoms with Gasteiger partial charge in [-0.25, -0.2) is 0 Å². The van der Waals surface area contributed by atoms with E-state index in [0.717, 1.165) is 5.69 Å². The van der Waals surface area contributed by atoms with Crippen molar-refractivity contribution >= 4 is 6.15 Å². The van der Waals surface area contributed by atoms with Crippen LogP contribution in [-0.2, 0) is 20.9 Å². The monoisotopic (exact) mass is 269 g/mol. The van der Waals surface area contributed by atoms with E-state index in [4.69, 9.17) is 19.1 Å². The normalized spacial score (nSPS) is 11.0. The van der Waals surface area contributed by atoms with Gasteiger partial charge in [-0.15, -0.1) is 0 Å². The fourth-order valence-electron chi connectivity index (χ4n) is 1.64. The van der Waals surface area contributed by atoms with Crippen molar-refractivity contribution in [1.29, 1.82) is 0 Å². The minimum atomic E-state index is -0.0404. The van der Waals surface area contributed by atoms with Crippen molar-refractivity contribution in [3.63, 3.8) is 0 Å². The first kappa shape index (κ1) is 17.1. The zero-order chi connectivity index (χ0) is 15.0. The molecule has 106 valence electrons. The number of nitrogens with zero attached hydrogens (tertiary/aromatic N) is 1. The van der Waals surface area contributed by atoms with Crippen LogP contribution in [0.4, 0.5) is 0 Å². The van der Waals surface area contributed by atoms with Gasteiger partial charge in [0.2, 0.25) is 5.43 Å². The molecule has 0 fully saturated rings. The highest BCUT2D eigenvalue weighted by molar-refractivity contribution is 5.31. The van der Waals surface area contributed by atoms with Gasteiger partial charge in [0, 0.05) is 25.4 Å². The summed E-state index contributed by atoms with van der Waals surface area (Å²) in [6, 6.07) is 0. The molecule has 0 aliphatic carbocycles. The summed E-state index contributed by atoms with van der Waals surface area (Å²) in [5, 5.41) is 0. The third-order valence-corrected chi connectivity index (χ3v) is 2.73. The lowest BCUT2D eigenvalue weighted by atomic mass is 10.2. The highest BCUT2D eigenvalue weighted by atomic mass is 16.5. The zero-order valence-corrected chi connectivity index (χ0v) is 11.9. The zero-order valence-electron chi connectivity index (χ0n) is 11.9. The molecule has 6 nitrogen and oxygen atoms in total. The summed E-state index contributed by atoms with van der Waals surface area (Å²) in [4.78, 5) is 28.0. The number of rotatable bonds is 4. The van der Waals surface area contributed by atoms with Gasteiger partial charge in [-0.05, 0) is 20.8 Å². The van der Waals surface area contributed by atoms with Crippen LogP contribution in [0.1, 0.15) is 18.2 Å². The first-order valence-corrected chi connectivity index (χ1v) is 5.69. The summed E-state index contributed by atoms with van der Waals surface area (Å²) in [6.07, 6.45) is 2.20. The molecule has 0 saturated carbocycles. The van der Waals surface area contributed by atoms with E-state index in [1.165, 1.54) is 7.11 Å². The lowest BCUT2D eigenvalue weighted by Crippen LogP contribution is -2.21. The van der Waals surface area contributed by atoms with E-state index in [2.05, 4.69) is 0 Å². The third kappa shape index (κ3) is 4.69. The minimum absolute atomic E-state index is 0.0404. The molecule has 0 saturated heterocycles. The molecule has 1 aromatic heterocycles. The molecule has 0 amide bonds.